The fourth-order valence-electron chi connectivity index (χ4n) is 4.85. The number of para-hydroxylation sites is 1. The molecule has 2 aliphatic rings. The molecule has 158 valence electrons. The molecule has 30 heavy (non-hydrogen) atoms. The van der Waals surface area contributed by atoms with Crippen LogP contribution in [0.1, 0.15) is 53.6 Å². The van der Waals surface area contributed by atoms with Gasteiger partial charge in [-0.1, -0.05) is 18.2 Å². The third kappa shape index (κ3) is 3.62. The van der Waals surface area contributed by atoms with Gasteiger partial charge in [0.25, 0.3) is 5.91 Å². The maximum Gasteiger partial charge on any atom is 0.274 e. The summed E-state index contributed by atoms with van der Waals surface area (Å²) in [4.78, 5) is 19.7. The van der Waals surface area contributed by atoms with Crippen LogP contribution in [0, 0.1) is 12.8 Å². The second-order valence-corrected chi connectivity index (χ2v) is 8.61. The van der Waals surface area contributed by atoms with Crippen LogP contribution >= 0.6 is 0 Å². The Bertz CT molecular complexity index is 1030. The number of fused-ring (bicyclic) bond motifs is 1. The van der Waals surface area contributed by atoms with Crippen molar-refractivity contribution >= 4 is 16.8 Å². The topological polar surface area (TPSA) is 76.0 Å². The molecular formula is C23H29N5O2. The summed E-state index contributed by atoms with van der Waals surface area (Å²) < 4.78 is 7.94. The molecule has 2 aliphatic heterocycles. The normalized spacial score (nSPS) is 18.9. The van der Waals surface area contributed by atoms with E-state index >= 15 is 0 Å². The molecule has 5 rings (SSSR count). The third-order valence-corrected chi connectivity index (χ3v) is 6.69. The van der Waals surface area contributed by atoms with E-state index in [1.54, 1.807) is 0 Å². The van der Waals surface area contributed by atoms with Gasteiger partial charge >= 0.3 is 0 Å². The maximum atomic E-state index is 13.0. The molecule has 0 aliphatic carbocycles. The standard InChI is InChI=1S/C23H29N5O2/c1-16-14-24-22(18-8-12-30-13-9-18)28(16)15-17-6-10-27(11-7-17)23(29)21-19-4-2-3-5-20(19)25-26-21/h2-5,14,17-18H,6-13,15H2,1H3,(H,25,26). The molecule has 2 saturated heterocycles. The lowest BCUT2D eigenvalue weighted by Gasteiger charge is -2.33. The van der Waals surface area contributed by atoms with Gasteiger partial charge in [-0.25, -0.2) is 4.98 Å². The smallest absolute Gasteiger partial charge is 0.274 e. The summed E-state index contributed by atoms with van der Waals surface area (Å²) in [5.41, 5.74) is 2.68. The van der Waals surface area contributed by atoms with Gasteiger partial charge in [0.15, 0.2) is 5.69 Å². The predicted molar refractivity (Wildman–Crippen MR) is 114 cm³/mol. The molecule has 0 unspecified atom stereocenters. The number of benzene rings is 1. The van der Waals surface area contributed by atoms with Crippen molar-refractivity contribution < 1.29 is 9.53 Å². The van der Waals surface area contributed by atoms with Crippen LogP contribution < -0.4 is 0 Å². The molecule has 2 aromatic heterocycles. The zero-order valence-electron chi connectivity index (χ0n) is 17.5. The number of aromatic nitrogens is 4. The first-order valence-electron chi connectivity index (χ1n) is 11.0. The van der Waals surface area contributed by atoms with Crippen LogP contribution in [0.5, 0.6) is 0 Å². The summed E-state index contributed by atoms with van der Waals surface area (Å²) >= 11 is 0. The number of nitrogens with zero attached hydrogens (tertiary/aromatic N) is 4. The summed E-state index contributed by atoms with van der Waals surface area (Å²) in [6.07, 6.45) is 6.14. The number of hydrogen-bond donors (Lipinski definition) is 1. The van der Waals surface area contributed by atoms with Crippen molar-refractivity contribution in [1.82, 2.24) is 24.6 Å². The average Bonchev–Trinajstić information content (AvgIpc) is 3.38. The molecule has 2 fully saturated rings. The van der Waals surface area contributed by atoms with Crippen LogP contribution in [0.4, 0.5) is 0 Å². The molecule has 1 aromatic carbocycles. The zero-order chi connectivity index (χ0) is 20.5. The van der Waals surface area contributed by atoms with Crippen LogP contribution in [-0.2, 0) is 11.3 Å². The molecule has 1 N–H and O–H groups in total. The van der Waals surface area contributed by atoms with Gasteiger partial charge < -0.3 is 14.2 Å². The summed E-state index contributed by atoms with van der Waals surface area (Å²) in [6, 6.07) is 7.81. The predicted octanol–water partition coefficient (Wildman–Crippen LogP) is 3.51. The van der Waals surface area contributed by atoms with Crippen molar-refractivity contribution in [2.75, 3.05) is 26.3 Å². The van der Waals surface area contributed by atoms with Crippen molar-refractivity contribution in [2.45, 2.75) is 45.1 Å². The SMILES string of the molecule is Cc1cnc(C2CCOCC2)n1CC1CCN(C(=O)c2n[nH]c3ccccc23)CC1. The molecule has 1 amide bonds. The van der Waals surface area contributed by atoms with E-state index < -0.39 is 0 Å². The van der Waals surface area contributed by atoms with Gasteiger partial charge in [0.1, 0.15) is 5.82 Å². The minimum Gasteiger partial charge on any atom is -0.381 e. The number of aryl methyl sites for hydroxylation is 1. The second kappa shape index (κ2) is 8.22. The summed E-state index contributed by atoms with van der Waals surface area (Å²) in [5, 5.41) is 8.16. The zero-order valence-corrected chi connectivity index (χ0v) is 17.5. The van der Waals surface area contributed by atoms with Gasteiger partial charge in [-0.2, -0.15) is 5.10 Å². The fraction of sp³-hybridized carbons (Fsp3) is 0.522. The minimum atomic E-state index is 0.0348. The molecule has 0 radical (unpaired) electrons. The number of carbonyl (C=O) groups excluding carboxylic acids is 1. The van der Waals surface area contributed by atoms with Crippen LogP contribution in [-0.4, -0.2) is 56.9 Å². The van der Waals surface area contributed by atoms with E-state index in [0.717, 1.165) is 69.4 Å². The van der Waals surface area contributed by atoms with Crippen LogP contribution in [0.25, 0.3) is 10.9 Å². The van der Waals surface area contributed by atoms with Gasteiger partial charge in [-0.3, -0.25) is 9.89 Å². The Morgan fingerprint density at radius 2 is 1.93 bits per heavy atom. The largest absolute Gasteiger partial charge is 0.381 e. The fourth-order valence-corrected chi connectivity index (χ4v) is 4.85. The molecule has 7 heteroatoms. The number of amides is 1. The van der Waals surface area contributed by atoms with E-state index in [4.69, 9.17) is 9.72 Å². The van der Waals surface area contributed by atoms with E-state index in [1.807, 2.05) is 35.4 Å². The van der Waals surface area contributed by atoms with Crippen molar-refractivity contribution in [1.29, 1.82) is 0 Å². The van der Waals surface area contributed by atoms with Gasteiger partial charge in [0, 0.05) is 56.0 Å². The molecule has 7 nitrogen and oxygen atoms in total. The molecule has 0 bridgehead atoms. The first kappa shape index (κ1) is 19.3. The van der Waals surface area contributed by atoms with E-state index in [2.05, 4.69) is 21.7 Å². The second-order valence-electron chi connectivity index (χ2n) is 8.61. The van der Waals surface area contributed by atoms with Gasteiger partial charge in [-0.05, 0) is 44.6 Å². The molecule has 0 saturated carbocycles. The summed E-state index contributed by atoms with van der Waals surface area (Å²) in [6.45, 7) is 6.37. The number of rotatable bonds is 4. The van der Waals surface area contributed by atoms with Crippen LogP contribution in [0.2, 0.25) is 0 Å². The summed E-state index contributed by atoms with van der Waals surface area (Å²) in [5.74, 6) is 2.32. The molecule has 4 heterocycles. The highest BCUT2D eigenvalue weighted by Gasteiger charge is 2.28. The first-order valence-corrected chi connectivity index (χ1v) is 11.0. The minimum absolute atomic E-state index is 0.0348. The first-order chi connectivity index (χ1) is 14.7. The summed E-state index contributed by atoms with van der Waals surface area (Å²) in [7, 11) is 0. The number of aromatic amines is 1. The number of carbonyl (C=O) groups is 1. The van der Waals surface area contributed by atoms with Crippen molar-refractivity contribution in [2.24, 2.45) is 5.92 Å². The Morgan fingerprint density at radius 1 is 1.17 bits per heavy atom. The Kier molecular flexibility index (Phi) is 5.29. The molecule has 3 aromatic rings. The van der Waals surface area contributed by atoms with Crippen molar-refractivity contribution in [3.63, 3.8) is 0 Å². The van der Waals surface area contributed by atoms with E-state index in [-0.39, 0.29) is 5.91 Å². The Balaban J connectivity index is 1.24. The lowest BCUT2D eigenvalue weighted by molar-refractivity contribution is 0.0675. The quantitative estimate of drug-likeness (QED) is 0.718. The highest BCUT2D eigenvalue weighted by Crippen LogP contribution is 2.29. The number of imidazole rings is 1. The van der Waals surface area contributed by atoms with Crippen molar-refractivity contribution in [3.8, 4) is 0 Å². The molecular weight excluding hydrogens is 378 g/mol. The highest BCUT2D eigenvalue weighted by atomic mass is 16.5. The average molecular weight is 408 g/mol. The number of H-pyrrole nitrogens is 1. The number of nitrogens with one attached hydrogen (secondary N) is 1. The lowest BCUT2D eigenvalue weighted by Crippen LogP contribution is -2.39. The van der Waals surface area contributed by atoms with Gasteiger partial charge in [0.2, 0.25) is 0 Å². The van der Waals surface area contributed by atoms with Gasteiger partial charge in [0.05, 0.1) is 5.52 Å². The van der Waals surface area contributed by atoms with Crippen molar-refractivity contribution in [3.05, 3.63) is 47.7 Å². The molecule has 0 spiro atoms. The van der Waals surface area contributed by atoms with E-state index in [9.17, 15) is 4.79 Å². The Morgan fingerprint density at radius 3 is 2.73 bits per heavy atom. The molecule has 0 atom stereocenters. The number of piperidine rings is 1. The van der Waals surface area contributed by atoms with Gasteiger partial charge in [-0.15, -0.1) is 0 Å². The lowest BCUT2D eigenvalue weighted by atomic mass is 9.95. The maximum absolute atomic E-state index is 13.0. The van der Waals surface area contributed by atoms with Crippen LogP contribution in [0.15, 0.2) is 30.5 Å². The highest BCUT2D eigenvalue weighted by molar-refractivity contribution is 6.04. The van der Waals surface area contributed by atoms with Crippen LogP contribution in [0.3, 0.4) is 0 Å². The monoisotopic (exact) mass is 407 g/mol. The van der Waals surface area contributed by atoms with E-state index in [0.29, 0.717) is 17.5 Å². The van der Waals surface area contributed by atoms with E-state index in [1.165, 1.54) is 11.5 Å². The number of ether oxygens (including phenoxy) is 1. The number of hydrogen-bond acceptors (Lipinski definition) is 4. The Labute approximate surface area is 176 Å². The Hall–Kier alpha value is -2.67. The number of likely N-dealkylation sites (tertiary alicyclic amines) is 1. The third-order valence-electron chi connectivity index (χ3n) is 6.69.